The normalized spacial score (nSPS) is 12.6. The highest BCUT2D eigenvalue weighted by Gasteiger charge is 2.33. The molecule has 35 heavy (non-hydrogen) atoms. The molecule has 8 nitrogen and oxygen atoms in total. The number of rotatable bonds is 4. The van der Waals surface area contributed by atoms with Gasteiger partial charge in [0.15, 0.2) is 26.2 Å². The van der Waals surface area contributed by atoms with E-state index in [4.69, 9.17) is 0 Å². The molecule has 0 aliphatic heterocycles. The summed E-state index contributed by atoms with van der Waals surface area (Å²) in [7, 11) is -2.37. The van der Waals surface area contributed by atoms with Gasteiger partial charge in [-0.05, 0) is 36.4 Å². The minimum Gasteiger partial charge on any atom is -0.312 e. The van der Waals surface area contributed by atoms with Gasteiger partial charge in [0.25, 0.3) is 0 Å². The molecule has 0 bridgehead atoms. The van der Waals surface area contributed by atoms with Crippen LogP contribution in [0.4, 0.5) is 17.6 Å². The third kappa shape index (κ3) is 3.81. The largest absolute Gasteiger partial charge is 0.417 e. The molecule has 4 heterocycles. The Hall–Kier alpha value is -3.87. The number of aryl methyl sites for hydroxylation is 1. The molecule has 180 valence electrons. The molecule has 0 saturated heterocycles. The maximum atomic E-state index is 13.4. The van der Waals surface area contributed by atoms with Crippen LogP contribution in [0.25, 0.3) is 39.5 Å². The molecule has 0 spiro atoms. The van der Waals surface area contributed by atoms with Crippen LogP contribution in [-0.2, 0) is 23.1 Å². The smallest absolute Gasteiger partial charge is 0.312 e. The summed E-state index contributed by atoms with van der Waals surface area (Å²) in [6.07, 6.45) is -2.42. The molecule has 0 atom stereocenters. The average molecular weight is 504 g/mol. The Morgan fingerprint density at radius 1 is 1.03 bits per heavy atom. The zero-order valence-electron chi connectivity index (χ0n) is 18.2. The van der Waals surface area contributed by atoms with Gasteiger partial charge in [0.2, 0.25) is 0 Å². The van der Waals surface area contributed by atoms with E-state index < -0.39 is 27.4 Å². The number of hydrogen-bond donors (Lipinski definition) is 0. The number of alkyl halides is 3. The average Bonchev–Trinajstić information content (AvgIpc) is 3.36. The van der Waals surface area contributed by atoms with E-state index in [1.54, 1.807) is 6.07 Å². The lowest BCUT2D eigenvalue weighted by Gasteiger charge is -2.06. The van der Waals surface area contributed by atoms with Crippen LogP contribution in [0.1, 0.15) is 12.5 Å². The van der Waals surface area contributed by atoms with Crippen LogP contribution in [0.15, 0.2) is 53.8 Å². The summed E-state index contributed by atoms with van der Waals surface area (Å²) in [5, 5.41) is 3.89. The molecule has 0 saturated carbocycles. The van der Waals surface area contributed by atoms with E-state index in [1.807, 2.05) is 0 Å². The van der Waals surface area contributed by atoms with Gasteiger partial charge < -0.3 is 4.57 Å². The van der Waals surface area contributed by atoms with Crippen LogP contribution in [0, 0.1) is 5.82 Å². The monoisotopic (exact) mass is 504 g/mol. The Kier molecular flexibility index (Phi) is 5.13. The van der Waals surface area contributed by atoms with E-state index in [1.165, 1.54) is 53.5 Å². The quantitative estimate of drug-likeness (QED) is 0.339. The Morgan fingerprint density at radius 3 is 2.40 bits per heavy atom. The summed E-state index contributed by atoms with van der Waals surface area (Å²) in [4.78, 5) is 12.7. The molecule has 0 aliphatic carbocycles. The van der Waals surface area contributed by atoms with E-state index >= 15 is 0 Å². The second-order valence-corrected chi connectivity index (χ2v) is 9.92. The maximum absolute atomic E-state index is 13.4. The molecule has 5 rings (SSSR count). The van der Waals surface area contributed by atoms with E-state index in [0.717, 1.165) is 6.07 Å². The molecule has 0 amide bonds. The Labute approximate surface area is 195 Å². The molecule has 0 aliphatic rings. The van der Waals surface area contributed by atoms with Crippen molar-refractivity contribution >= 4 is 26.6 Å². The Bertz CT molecular complexity index is 1710. The third-order valence-electron chi connectivity index (χ3n) is 5.53. The fraction of sp³-hybridized carbons (Fsp3) is 0.182. The van der Waals surface area contributed by atoms with Crippen molar-refractivity contribution in [2.75, 3.05) is 5.75 Å². The molecule has 0 fully saturated rings. The van der Waals surface area contributed by atoms with Crippen LogP contribution in [0.2, 0.25) is 0 Å². The minimum absolute atomic E-state index is 0.0323. The Balaban J connectivity index is 1.81. The highest BCUT2D eigenvalue weighted by Crippen LogP contribution is 2.35. The lowest BCUT2D eigenvalue weighted by molar-refractivity contribution is -0.137. The van der Waals surface area contributed by atoms with Crippen molar-refractivity contribution < 1.29 is 26.0 Å². The fourth-order valence-electron chi connectivity index (χ4n) is 3.70. The standard InChI is InChI=1S/C22H16F4N6O2S/c1-3-35(33,34)21-17(19-29-16-10-13(22(24,25)26)11-27-18(16)31(19)2)20-28-15(8-9-32(20)30-21)12-4-6-14(23)7-5-12/h4-11H,3H2,1-2H3. The SMILES string of the molecule is CCS(=O)(=O)c1nn2ccc(-c3ccc(F)cc3)nc2c1-c1nc2cc(C(F)(F)F)cnc2n1C. The number of nitrogens with zero attached hydrogens (tertiary/aromatic N) is 6. The van der Waals surface area contributed by atoms with Crippen molar-refractivity contribution in [3.63, 3.8) is 0 Å². The van der Waals surface area contributed by atoms with Crippen LogP contribution < -0.4 is 0 Å². The van der Waals surface area contributed by atoms with Crippen LogP contribution in [0.5, 0.6) is 0 Å². The highest BCUT2D eigenvalue weighted by atomic mass is 32.2. The number of imidazole rings is 1. The molecular formula is C22H16F4N6O2S. The van der Waals surface area contributed by atoms with E-state index in [2.05, 4.69) is 20.1 Å². The van der Waals surface area contributed by atoms with Gasteiger partial charge in [-0.3, -0.25) is 0 Å². The lowest BCUT2D eigenvalue weighted by Crippen LogP contribution is -2.07. The van der Waals surface area contributed by atoms with Crippen LogP contribution in [-0.4, -0.2) is 43.3 Å². The highest BCUT2D eigenvalue weighted by molar-refractivity contribution is 7.91. The first-order valence-electron chi connectivity index (χ1n) is 10.3. The summed E-state index contributed by atoms with van der Waals surface area (Å²) in [6.45, 7) is 1.45. The van der Waals surface area contributed by atoms with Gasteiger partial charge in [0.05, 0.1) is 17.0 Å². The Morgan fingerprint density at radius 2 is 1.74 bits per heavy atom. The van der Waals surface area contributed by atoms with Gasteiger partial charge in [-0.25, -0.2) is 32.3 Å². The summed E-state index contributed by atoms with van der Waals surface area (Å²) in [5.41, 5.74) is 0.219. The van der Waals surface area contributed by atoms with E-state index in [0.29, 0.717) is 17.5 Å². The predicted octanol–water partition coefficient (Wildman–Crippen LogP) is 4.30. The number of hydrogen-bond acceptors (Lipinski definition) is 6. The van der Waals surface area contributed by atoms with Crippen molar-refractivity contribution in [3.05, 3.63) is 60.2 Å². The van der Waals surface area contributed by atoms with Crippen LogP contribution in [0.3, 0.4) is 0 Å². The maximum Gasteiger partial charge on any atom is 0.417 e. The van der Waals surface area contributed by atoms with E-state index in [9.17, 15) is 26.0 Å². The molecule has 1 aromatic carbocycles. The van der Waals surface area contributed by atoms with Gasteiger partial charge >= 0.3 is 6.18 Å². The number of benzene rings is 1. The van der Waals surface area contributed by atoms with E-state index in [-0.39, 0.29) is 39.0 Å². The molecule has 0 radical (unpaired) electrons. The zero-order chi connectivity index (χ0) is 25.1. The summed E-state index contributed by atoms with van der Waals surface area (Å²) >= 11 is 0. The number of fused-ring (bicyclic) bond motifs is 2. The number of pyridine rings is 1. The number of aromatic nitrogens is 6. The van der Waals surface area contributed by atoms with Crippen molar-refractivity contribution in [2.45, 2.75) is 18.1 Å². The van der Waals surface area contributed by atoms with Crippen LogP contribution >= 0.6 is 0 Å². The summed E-state index contributed by atoms with van der Waals surface area (Å²) in [6, 6.07) is 8.01. The fourth-order valence-corrected chi connectivity index (χ4v) is 4.67. The summed E-state index contributed by atoms with van der Waals surface area (Å²) < 4.78 is 81.5. The van der Waals surface area contributed by atoms with Crippen molar-refractivity contribution in [3.8, 4) is 22.6 Å². The second kappa shape index (κ2) is 7.83. The molecule has 5 aromatic rings. The molecule has 4 aromatic heterocycles. The van der Waals surface area contributed by atoms with Crippen molar-refractivity contribution in [1.29, 1.82) is 0 Å². The number of halogens is 4. The van der Waals surface area contributed by atoms with Gasteiger partial charge in [0, 0.05) is 25.0 Å². The van der Waals surface area contributed by atoms with Gasteiger partial charge in [-0.2, -0.15) is 18.3 Å². The van der Waals surface area contributed by atoms with Crippen molar-refractivity contribution in [2.24, 2.45) is 7.05 Å². The summed E-state index contributed by atoms with van der Waals surface area (Å²) in [5.74, 6) is -0.658. The van der Waals surface area contributed by atoms with Gasteiger partial charge in [-0.15, -0.1) is 0 Å². The predicted molar refractivity (Wildman–Crippen MR) is 119 cm³/mol. The first-order valence-corrected chi connectivity index (χ1v) is 11.9. The second-order valence-electron chi connectivity index (χ2n) is 7.73. The van der Waals surface area contributed by atoms with Gasteiger partial charge in [-0.1, -0.05) is 6.92 Å². The van der Waals surface area contributed by atoms with Gasteiger partial charge in [0.1, 0.15) is 22.7 Å². The number of sulfone groups is 1. The minimum atomic E-state index is -4.62. The third-order valence-corrected chi connectivity index (χ3v) is 7.16. The topological polar surface area (TPSA) is 95.0 Å². The molecule has 0 N–H and O–H groups in total. The molecule has 13 heteroatoms. The first-order chi connectivity index (χ1) is 16.5. The molecular weight excluding hydrogens is 488 g/mol. The molecule has 0 unspecified atom stereocenters. The first kappa shape index (κ1) is 22.9. The lowest BCUT2D eigenvalue weighted by atomic mass is 10.1. The van der Waals surface area contributed by atoms with Crippen molar-refractivity contribution in [1.82, 2.24) is 29.1 Å². The zero-order valence-corrected chi connectivity index (χ0v) is 19.1.